The number of hydrogen-bond acceptors (Lipinski definition) is 4. The molecule has 0 atom stereocenters. The van der Waals surface area contributed by atoms with Crippen LogP contribution >= 0.6 is 15.9 Å². The van der Waals surface area contributed by atoms with Gasteiger partial charge in [-0.1, -0.05) is 28.1 Å². The molecule has 3 aromatic heterocycles. The quantitative estimate of drug-likeness (QED) is 0.507. The third-order valence-corrected chi connectivity index (χ3v) is 5.06. The normalized spacial score (nSPS) is 11.0. The standard InChI is InChI=1S/C21H18BrN5O/c1-12-17(7-8-19(24-12)14-5-4-6-15(22)9-14)21(28)25-16-10-18-13(2)26-27(3)20(18)23-11-16/h4-11H,1-3H3,(H,25,28). The van der Waals surface area contributed by atoms with E-state index in [1.807, 2.05) is 57.3 Å². The van der Waals surface area contributed by atoms with Crippen LogP contribution in [0.3, 0.4) is 0 Å². The predicted octanol–water partition coefficient (Wildman–Crippen LogP) is 4.66. The number of pyridine rings is 2. The number of rotatable bonds is 3. The summed E-state index contributed by atoms with van der Waals surface area (Å²) in [5.41, 5.74) is 5.30. The first-order chi connectivity index (χ1) is 13.4. The SMILES string of the molecule is Cc1nc(-c2cccc(Br)c2)ccc1C(=O)Nc1cnc2c(c1)c(C)nn2C. The summed E-state index contributed by atoms with van der Waals surface area (Å²) in [5.74, 6) is -0.214. The lowest BCUT2D eigenvalue weighted by molar-refractivity contribution is 0.102. The molecule has 140 valence electrons. The van der Waals surface area contributed by atoms with Crippen LogP contribution in [0.1, 0.15) is 21.7 Å². The van der Waals surface area contributed by atoms with E-state index in [0.29, 0.717) is 16.9 Å². The second-order valence-electron chi connectivity index (χ2n) is 6.60. The molecular weight excluding hydrogens is 418 g/mol. The zero-order chi connectivity index (χ0) is 19.8. The summed E-state index contributed by atoms with van der Waals surface area (Å²) >= 11 is 3.47. The molecule has 0 aliphatic rings. The van der Waals surface area contributed by atoms with Crippen molar-refractivity contribution < 1.29 is 4.79 Å². The summed E-state index contributed by atoms with van der Waals surface area (Å²) < 4.78 is 2.71. The molecule has 0 aliphatic carbocycles. The first kappa shape index (κ1) is 18.3. The molecule has 0 bridgehead atoms. The summed E-state index contributed by atoms with van der Waals surface area (Å²) in [4.78, 5) is 21.8. The Kier molecular flexibility index (Phi) is 4.68. The minimum absolute atomic E-state index is 0.214. The number of benzene rings is 1. The lowest BCUT2D eigenvalue weighted by atomic mass is 10.1. The molecule has 4 rings (SSSR count). The number of anilines is 1. The van der Waals surface area contributed by atoms with Crippen molar-refractivity contribution in [2.24, 2.45) is 7.05 Å². The van der Waals surface area contributed by atoms with E-state index in [2.05, 4.69) is 36.3 Å². The Morgan fingerprint density at radius 3 is 2.68 bits per heavy atom. The number of aromatic nitrogens is 4. The van der Waals surface area contributed by atoms with Gasteiger partial charge in [0, 0.05) is 22.5 Å². The number of aryl methyl sites for hydroxylation is 3. The molecule has 0 radical (unpaired) electrons. The van der Waals surface area contributed by atoms with Gasteiger partial charge in [0.1, 0.15) is 0 Å². The van der Waals surface area contributed by atoms with Crippen molar-refractivity contribution in [2.75, 3.05) is 5.32 Å². The van der Waals surface area contributed by atoms with Gasteiger partial charge >= 0.3 is 0 Å². The highest BCUT2D eigenvalue weighted by atomic mass is 79.9. The van der Waals surface area contributed by atoms with E-state index in [9.17, 15) is 4.79 Å². The summed E-state index contributed by atoms with van der Waals surface area (Å²) in [5, 5.41) is 8.18. The van der Waals surface area contributed by atoms with E-state index in [4.69, 9.17) is 0 Å². The Balaban J connectivity index is 1.61. The average Bonchev–Trinajstić information content (AvgIpc) is 2.95. The molecule has 1 amide bonds. The van der Waals surface area contributed by atoms with Crippen LogP contribution in [0.25, 0.3) is 22.3 Å². The molecule has 0 saturated heterocycles. The molecule has 1 aromatic carbocycles. The van der Waals surface area contributed by atoms with Gasteiger partial charge in [-0.2, -0.15) is 5.10 Å². The number of carbonyl (C=O) groups excluding carboxylic acids is 1. The summed E-state index contributed by atoms with van der Waals surface area (Å²) in [6.45, 7) is 3.76. The monoisotopic (exact) mass is 435 g/mol. The van der Waals surface area contributed by atoms with Crippen LogP contribution in [0, 0.1) is 13.8 Å². The van der Waals surface area contributed by atoms with E-state index in [1.54, 1.807) is 16.9 Å². The van der Waals surface area contributed by atoms with E-state index in [0.717, 1.165) is 32.5 Å². The number of amides is 1. The molecule has 0 fully saturated rings. The van der Waals surface area contributed by atoms with Crippen molar-refractivity contribution in [3.63, 3.8) is 0 Å². The molecular formula is C21H18BrN5O. The predicted molar refractivity (Wildman–Crippen MR) is 113 cm³/mol. The average molecular weight is 436 g/mol. The van der Waals surface area contributed by atoms with Crippen molar-refractivity contribution >= 4 is 38.6 Å². The lowest BCUT2D eigenvalue weighted by Gasteiger charge is -2.09. The van der Waals surface area contributed by atoms with E-state index in [1.165, 1.54) is 0 Å². The fourth-order valence-corrected chi connectivity index (χ4v) is 3.58. The van der Waals surface area contributed by atoms with Crippen LogP contribution in [0.4, 0.5) is 5.69 Å². The van der Waals surface area contributed by atoms with Crippen molar-refractivity contribution in [3.05, 3.63) is 70.1 Å². The molecule has 3 heterocycles. The largest absolute Gasteiger partial charge is 0.321 e. The minimum Gasteiger partial charge on any atom is -0.321 e. The molecule has 0 aliphatic heterocycles. The maximum Gasteiger partial charge on any atom is 0.257 e. The first-order valence-electron chi connectivity index (χ1n) is 8.76. The lowest BCUT2D eigenvalue weighted by Crippen LogP contribution is -2.14. The third kappa shape index (κ3) is 3.41. The number of halogens is 1. The Hall–Kier alpha value is -3.06. The van der Waals surface area contributed by atoms with E-state index in [-0.39, 0.29) is 5.91 Å². The van der Waals surface area contributed by atoms with Gasteiger partial charge < -0.3 is 5.32 Å². The Bertz CT molecular complexity index is 1210. The highest BCUT2D eigenvalue weighted by Crippen LogP contribution is 2.24. The van der Waals surface area contributed by atoms with Gasteiger partial charge in [0.2, 0.25) is 0 Å². The maximum atomic E-state index is 12.8. The molecule has 0 spiro atoms. The van der Waals surface area contributed by atoms with Crippen LogP contribution in [0.5, 0.6) is 0 Å². The van der Waals surface area contributed by atoms with Crippen LogP contribution < -0.4 is 5.32 Å². The van der Waals surface area contributed by atoms with Gasteiger partial charge in [0.05, 0.1) is 34.5 Å². The molecule has 6 nitrogen and oxygen atoms in total. The first-order valence-corrected chi connectivity index (χ1v) is 9.56. The van der Waals surface area contributed by atoms with Crippen LogP contribution in [-0.4, -0.2) is 25.7 Å². The zero-order valence-electron chi connectivity index (χ0n) is 15.7. The van der Waals surface area contributed by atoms with Crippen molar-refractivity contribution in [3.8, 4) is 11.3 Å². The van der Waals surface area contributed by atoms with Gasteiger partial charge in [0.25, 0.3) is 5.91 Å². The van der Waals surface area contributed by atoms with Crippen LogP contribution in [-0.2, 0) is 7.05 Å². The highest BCUT2D eigenvalue weighted by molar-refractivity contribution is 9.10. The molecule has 1 N–H and O–H groups in total. The summed E-state index contributed by atoms with van der Waals surface area (Å²) in [7, 11) is 1.85. The molecule has 28 heavy (non-hydrogen) atoms. The third-order valence-electron chi connectivity index (χ3n) is 4.57. The maximum absolute atomic E-state index is 12.8. The second-order valence-corrected chi connectivity index (χ2v) is 7.51. The number of carbonyl (C=O) groups is 1. The Morgan fingerprint density at radius 1 is 1.11 bits per heavy atom. The molecule has 0 saturated carbocycles. The second kappa shape index (κ2) is 7.16. The molecule has 7 heteroatoms. The van der Waals surface area contributed by atoms with Gasteiger partial charge in [-0.05, 0) is 44.2 Å². The van der Waals surface area contributed by atoms with Crippen LogP contribution in [0.15, 0.2) is 53.1 Å². The zero-order valence-corrected chi connectivity index (χ0v) is 17.3. The Labute approximate surface area is 170 Å². The fraction of sp³-hybridized carbons (Fsp3) is 0.143. The summed E-state index contributed by atoms with van der Waals surface area (Å²) in [6, 6.07) is 13.5. The number of hydrogen-bond donors (Lipinski definition) is 1. The number of fused-ring (bicyclic) bond motifs is 1. The molecule has 4 aromatic rings. The van der Waals surface area contributed by atoms with Gasteiger partial charge in [0.15, 0.2) is 5.65 Å². The van der Waals surface area contributed by atoms with Gasteiger partial charge in [-0.3, -0.25) is 14.5 Å². The number of nitrogens with one attached hydrogen (secondary N) is 1. The highest BCUT2D eigenvalue weighted by Gasteiger charge is 2.14. The summed E-state index contributed by atoms with van der Waals surface area (Å²) in [6.07, 6.45) is 1.64. The van der Waals surface area contributed by atoms with Crippen LogP contribution in [0.2, 0.25) is 0 Å². The Morgan fingerprint density at radius 2 is 1.93 bits per heavy atom. The smallest absolute Gasteiger partial charge is 0.257 e. The minimum atomic E-state index is -0.214. The van der Waals surface area contributed by atoms with Crippen molar-refractivity contribution in [1.29, 1.82) is 0 Å². The number of nitrogens with zero attached hydrogens (tertiary/aromatic N) is 4. The topological polar surface area (TPSA) is 72.7 Å². The van der Waals surface area contributed by atoms with E-state index < -0.39 is 0 Å². The van der Waals surface area contributed by atoms with Gasteiger partial charge in [-0.15, -0.1) is 0 Å². The van der Waals surface area contributed by atoms with E-state index >= 15 is 0 Å². The molecule has 0 unspecified atom stereocenters. The van der Waals surface area contributed by atoms with Crippen molar-refractivity contribution in [2.45, 2.75) is 13.8 Å². The fourth-order valence-electron chi connectivity index (χ4n) is 3.18. The van der Waals surface area contributed by atoms with Crippen molar-refractivity contribution in [1.82, 2.24) is 19.7 Å². The van der Waals surface area contributed by atoms with Gasteiger partial charge in [-0.25, -0.2) is 4.98 Å².